The summed E-state index contributed by atoms with van der Waals surface area (Å²) in [5.41, 5.74) is 2.40. The summed E-state index contributed by atoms with van der Waals surface area (Å²) < 4.78 is 5.49. The molecule has 0 radical (unpaired) electrons. The second-order valence-corrected chi connectivity index (χ2v) is 8.68. The molecule has 3 N–H and O–H groups in total. The van der Waals surface area contributed by atoms with Crippen LogP contribution in [-0.2, 0) is 4.74 Å². The molecule has 1 aliphatic heterocycles. The number of aliphatic imine (C=N–C) groups is 1. The number of rotatable bonds is 3. The fraction of sp³-hybridized carbons (Fsp3) is 0.292. The molecule has 1 aliphatic rings. The van der Waals surface area contributed by atoms with Crippen LogP contribution in [0.3, 0.4) is 0 Å². The van der Waals surface area contributed by atoms with Gasteiger partial charge in [-0.3, -0.25) is 9.79 Å². The lowest BCUT2D eigenvalue weighted by Gasteiger charge is -2.23. The van der Waals surface area contributed by atoms with Gasteiger partial charge in [0.15, 0.2) is 0 Å². The zero-order valence-electron chi connectivity index (χ0n) is 18.6. The van der Waals surface area contributed by atoms with Gasteiger partial charge in [-0.25, -0.2) is 9.69 Å². The van der Waals surface area contributed by atoms with Crippen molar-refractivity contribution in [2.45, 2.75) is 32.4 Å². The van der Waals surface area contributed by atoms with Gasteiger partial charge in [0.05, 0.1) is 12.6 Å². The van der Waals surface area contributed by atoms with Crippen molar-refractivity contribution in [2.75, 3.05) is 18.9 Å². The van der Waals surface area contributed by atoms with Gasteiger partial charge >= 0.3 is 6.09 Å². The highest BCUT2D eigenvalue weighted by Crippen LogP contribution is 2.25. The third kappa shape index (κ3) is 4.59. The quantitative estimate of drug-likeness (QED) is 0.574. The second-order valence-electron chi connectivity index (χ2n) is 8.68. The van der Waals surface area contributed by atoms with E-state index in [1.165, 1.54) is 4.90 Å². The minimum atomic E-state index is -0.596. The molecule has 0 saturated carbocycles. The van der Waals surface area contributed by atoms with Crippen molar-refractivity contribution in [3.63, 3.8) is 0 Å². The lowest BCUT2D eigenvalue weighted by Crippen LogP contribution is -2.39. The van der Waals surface area contributed by atoms with Crippen LogP contribution in [0.25, 0.3) is 10.9 Å². The molecule has 8 nitrogen and oxygen atoms in total. The molecule has 1 fully saturated rings. The number of hydrogen-bond donors (Lipinski definition) is 3. The number of H-pyrrole nitrogens is 1. The molecule has 0 spiro atoms. The first kappa shape index (κ1) is 21.4. The number of carbonyl (C=O) groups is 2. The zero-order chi connectivity index (χ0) is 22.9. The highest BCUT2D eigenvalue weighted by molar-refractivity contribution is 6.06. The minimum absolute atomic E-state index is 0.175. The normalized spacial score (nSPS) is 17.4. The van der Waals surface area contributed by atoms with Gasteiger partial charge in [0.25, 0.3) is 5.91 Å². The largest absolute Gasteiger partial charge is 0.443 e. The maximum absolute atomic E-state index is 12.7. The number of ether oxygens (including phenoxy) is 1. The molecular weight excluding hydrogens is 406 g/mol. The van der Waals surface area contributed by atoms with Crippen LogP contribution in [-0.4, -0.2) is 47.0 Å². The maximum atomic E-state index is 12.7. The van der Waals surface area contributed by atoms with Gasteiger partial charge in [-0.05, 0) is 50.6 Å². The Morgan fingerprint density at radius 3 is 2.62 bits per heavy atom. The molecule has 1 aromatic heterocycles. The topological polar surface area (TPSA) is 98.8 Å². The number of carbonyl (C=O) groups excluding carboxylic acids is 2. The van der Waals surface area contributed by atoms with Gasteiger partial charge in [-0.15, -0.1) is 0 Å². The summed E-state index contributed by atoms with van der Waals surface area (Å²) >= 11 is 0. The van der Waals surface area contributed by atoms with Crippen LogP contribution in [0, 0.1) is 0 Å². The Labute approximate surface area is 186 Å². The molecule has 2 amide bonds. The Hall–Kier alpha value is -3.81. The first-order valence-electron chi connectivity index (χ1n) is 10.5. The van der Waals surface area contributed by atoms with Gasteiger partial charge in [0.2, 0.25) is 5.96 Å². The Bertz CT molecular complexity index is 1160. The van der Waals surface area contributed by atoms with Crippen LogP contribution in [0.5, 0.6) is 0 Å². The van der Waals surface area contributed by atoms with Crippen LogP contribution in [0.15, 0.2) is 59.6 Å². The average molecular weight is 434 g/mol. The summed E-state index contributed by atoms with van der Waals surface area (Å²) in [4.78, 5) is 34.1. The lowest BCUT2D eigenvalue weighted by molar-refractivity contribution is 0.0379. The van der Waals surface area contributed by atoms with Crippen molar-refractivity contribution >= 4 is 34.6 Å². The van der Waals surface area contributed by atoms with Crippen molar-refractivity contribution in [1.82, 2.24) is 15.2 Å². The van der Waals surface area contributed by atoms with Gasteiger partial charge in [-0.1, -0.05) is 30.3 Å². The summed E-state index contributed by atoms with van der Waals surface area (Å²) in [6.07, 6.45) is -0.448. The number of nitrogens with one attached hydrogen (secondary N) is 3. The van der Waals surface area contributed by atoms with E-state index in [4.69, 9.17) is 4.74 Å². The van der Waals surface area contributed by atoms with E-state index in [9.17, 15) is 9.59 Å². The molecule has 2 heterocycles. The molecule has 1 unspecified atom stereocenters. The smallest absolute Gasteiger partial charge is 0.417 e. The van der Waals surface area contributed by atoms with Crippen LogP contribution < -0.4 is 10.6 Å². The van der Waals surface area contributed by atoms with E-state index >= 15 is 0 Å². The van der Waals surface area contributed by atoms with E-state index < -0.39 is 11.7 Å². The SMILES string of the molecule is CN=C1NC(c2cccc(NC(=O)c3cc4ccccc4[nH]3)c2)CN1C(=O)OC(C)(C)C. The van der Waals surface area contributed by atoms with Gasteiger partial charge in [0.1, 0.15) is 11.3 Å². The molecular formula is C24H27N5O3. The maximum Gasteiger partial charge on any atom is 0.417 e. The Kier molecular flexibility index (Phi) is 5.61. The highest BCUT2D eigenvalue weighted by Gasteiger charge is 2.35. The molecule has 8 heteroatoms. The lowest BCUT2D eigenvalue weighted by atomic mass is 10.1. The summed E-state index contributed by atoms with van der Waals surface area (Å²) in [5.74, 6) is 0.237. The molecule has 3 aromatic rings. The molecule has 1 atom stereocenters. The fourth-order valence-corrected chi connectivity index (χ4v) is 3.63. The van der Waals surface area contributed by atoms with Crippen molar-refractivity contribution in [1.29, 1.82) is 0 Å². The number of fused-ring (bicyclic) bond motifs is 1. The predicted molar refractivity (Wildman–Crippen MR) is 125 cm³/mol. The van der Waals surface area contributed by atoms with Crippen LogP contribution >= 0.6 is 0 Å². The Balaban J connectivity index is 1.49. The molecule has 2 aromatic carbocycles. The van der Waals surface area contributed by atoms with Gasteiger partial charge in [0, 0.05) is 23.6 Å². The molecule has 4 rings (SSSR count). The first-order chi connectivity index (χ1) is 15.2. The number of aromatic nitrogens is 1. The standard InChI is InChI=1S/C24H27N5O3/c1-24(2,3)32-23(31)29-14-20(28-22(29)25-4)15-9-7-10-17(12-15)26-21(30)19-13-16-8-5-6-11-18(16)27-19/h5-13,20,27H,14H2,1-4H3,(H,25,28)(H,26,30). The van der Waals surface area contributed by atoms with E-state index in [0.717, 1.165) is 16.5 Å². The number of guanidine groups is 1. The van der Waals surface area contributed by atoms with Crippen LogP contribution in [0.1, 0.15) is 42.9 Å². The third-order valence-corrected chi connectivity index (χ3v) is 5.07. The Morgan fingerprint density at radius 1 is 1.12 bits per heavy atom. The van der Waals surface area contributed by atoms with Crippen molar-refractivity contribution in [3.8, 4) is 0 Å². The Morgan fingerprint density at radius 2 is 1.91 bits per heavy atom. The monoisotopic (exact) mass is 433 g/mol. The van der Waals surface area contributed by atoms with E-state index in [1.807, 2.05) is 75.4 Å². The predicted octanol–water partition coefficient (Wildman–Crippen LogP) is 4.29. The summed E-state index contributed by atoms with van der Waals surface area (Å²) in [6, 6.07) is 16.9. The highest BCUT2D eigenvalue weighted by atomic mass is 16.6. The van der Waals surface area contributed by atoms with Crippen molar-refractivity contribution < 1.29 is 14.3 Å². The summed E-state index contributed by atoms with van der Waals surface area (Å²) in [7, 11) is 1.62. The number of hydrogen-bond acceptors (Lipinski definition) is 4. The van der Waals surface area contributed by atoms with Crippen LogP contribution in [0.4, 0.5) is 10.5 Å². The number of amides is 2. The number of benzene rings is 2. The van der Waals surface area contributed by atoms with Crippen molar-refractivity contribution in [3.05, 3.63) is 65.9 Å². The van der Waals surface area contributed by atoms with Gasteiger partial charge < -0.3 is 20.4 Å². The summed E-state index contributed by atoms with van der Waals surface area (Å²) in [5, 5.41) is 7.18. The fourth-order valence-electron chi connectivity index (χ4n) is 3.63. The molecule has 0 bridgehead atoms. The van der Waals surface area contributed by atoms with E-state index in [2.05, 4.69) is 20.6 Å². The van der Waals surface area contributed by atoms with E-state index in [-0.39, 0.29) is 11.9 Å². The summed E-state index contributed by atoms with van der Waals surface area (Å²) in [6.45, 7) is 5.86. The third-order valence-electron chi connectivity index (χ3n) is 5.07. The number of nitrogens with zero attached hydrogens (tertiary/aromatic N) is 2. The number of anilines is 1. The number of para-hydroxylation sites is 1. The van der Waals surface area contributed by atoms with E-state index in [1.54, 1.807) is 7.05 Å². The second kappa shape index (κ2) is 8.37. The van der Waals surface area contributed by atoms with Crippen molar-refractivity contribution in [2.24, 2.45) is 4.99 Å². The molecule has 166 valence electrons. The molecule has 0 aliphatic carbocycles. The van der Waals surface area contributed by atoms with Crippen LogP contribution in [0.2, 0.25) is 0 Å². The zero-order valence-corrected chi connectivity index (χ0v) is 18.6. The van der Waals surface area contributed by atoms with Gasteiger partial charge in [-0.2, -0.15) is 0 Å². The van der Waals surface area contributed by atoms with E-state index in [0.29, 0.717) is 23.9 Å². The minimum Gasteiger partial charge on any atom is -0.443 e. The average Bonchev–Trinajstić information content (AvgIpc) is 3.37. The first-order valence-corrected chi connectivity index (χ1v) is 10.5. The molecule has 32 heavy (non-hydrogen) atoms. The number of aromatic amines is 1. The molecule has 1 saturated heterocycles.